The number of rotatable bonds is 7. The number of piperidine rings is 1. The van der Waals surface area contributed by atoms with Crippen LogP contribution in [0.5, 0.6) is 0 Å². The number of nitrogens with one attached hydrogen (secondary N) is 1. The zero-order valence-corrected chi connectivity index (χ0v) is 19.7. The summed E-state index contributed by atoms with van der Waals surface area (Å²) in [6.07, 6.45) is 6.30. The molecule has 7 nitrogen and oxygen atoms in total. The molecule has 1 aromatic rings. The van der Waals surface area contributed by atoms with Crippen LogP contribution in [0.2, 0.25) is 0 Å². The van der Waals surface area contributed by atoms with Crippen LogP contribution in [0.4, 0.5) is 4.79 Å². The number of imide groups is 1. The largest absolute Gasteiger partial charge is 0.342 e. The molecule has 178 valence electrons. The third-order valence-electron chi connectivity index (χ3n) is 8.36. The van der Waals surface area contributed by atoms with Crippen molar-refractivity contribution < 1.29 is 14.4 Å². The van der Waals surface area contributed by atoms with Crippen molar-refractivity contribution in [1.82, 2.24) is 20.0 Å². The molecule has 4 amide bonds. The fraction of sp³-hybridized carbons (Fsp3) is 0.654. The Morgan fingerprint density at radius 2 is 1.67 bits per heavy atom. The number of carbonyl (C=O) groups is 3. The highest BCUT2D eigenvalue weighted by molar-refractivity contribution is 6.07. The fourth-order valence-corrected chi connectivity index (χ4v) is 5.91. The van der Waals surface area contributed by atoms with E-state index in [0.717, 1.165) is 50.9 Å². The molecule has 1 N–H and O–H groups in total. The van der Waals surface area contributed by atoms with Gasteiger partial charge in [0.1, 0.15) is 5.54 Å². The number of carbonyl (C=O) groups excluding carboxylic acids is 3. The molecule has 3 saturated heterocycles. The lowest BCUT2D eigenvalue weighted by molar-refractivity contribution is -0.139. The number of hydrogen-bond acceptors (Lipinski definition) is 4. The van der Waals surface area contributed by atoms with Gasteiger partial charge in [0.25, 0.3) is 5.91 Å². The van der Waals surface area contributed by atoms with Crippen molar-refractivity contribution in [3.8, 4) is 0 Å². The average molecular weight is 453 g/mol. The van der Waals surface area contributed by atoms with E-state index in [2.05, 4.69) is 17.1 Å². The number of nitrogens with zero attached hydrogens (tertiary/aromatic N) is 3. The predicted octanol–water partition coefficient (Wildman–Crippen LogP) is 2.65. The molecule has 33 heavy (non-hydrogen) atoms. The standard InChI is InChI=1S/C26H36N4O3/c1-25(11-12-25)22(31)29-15-9-21(10-16-29)26(19-20-7-3-2-4-8-20)23(32)30(24(33)27-26)18-17-28-13-5-6-14-28/h2-4,7-8,21H,5-6,9-19H2,1H3,(H,27,33)/t26-/m0/s1. The van der Waals surface area contributed by atoms with Gasteiger partial charge in [0.05, 0.1) is 0 Å². The quantitative estimate of drug-likeness (QED) is 0.646. The van der Waals surface area contributed by atoms with E-state index < -0.39 is 5.54 Å². The molecule has 4 fully saturated rings. The molecule has 5 rings (SSSR count). The molecular weight excluding hydrogens is 416 g/mol. The maximum Gasteiger partial charge on any atom is 0.325 e. The van der Waals surface area contributed by atoms with Gasteiger partial charge in [-0.25, -0.2) is 4.79 Å². The summed E-state index contributed by atoms with van der Waals surface area (Å²) in [7, 11) is 0. The van der Waals surface area contributed by atoms with Gasteiger partial charge in [0.2, 0.25) is 5.91 Å². The molecular formula is C26H36N4O3. The third kappa shape index (κ3) is 4.27. The monoisotopic (exact) mass is 452 g/mol. The van der Waals surface area contributed by atoms with Gasteiger partial charge < -0.3 is 15.1 Å². The van der Waals surface area contributed by atoms with Crippen LogP contribution in [-0.4, -0.2) is 77.4 Å². The van der Waals surface area contributed by atoms with Gasteiger partial charge in [-0.05, 0) is 63.1 Å². The first kappa shape index (κ1) is 22.4. The molecule has 3 aliphatic heterocycles. The molecule has 1 aromatic carbocycles. The van der Waals surface area contributed by atoms with Crippen molar-refractivity contribution in [3.63, 3.8) is 0 Å². The maximum absolute atomic E-state index is 13.9. The second kappa shape index (κ2) is 8.75. The van der Waals surface area contributed by atoms with Crippen molar-refractivity contribution in [2.75, 3.05) is 39.3 Å². The molecule has 0 radical (unpaired) electrons. The van der Waals surface area contributed by atoms with E-state index in [1.54, 1.807) is 0 Å². The Hall–Kier alpha value is -2.41. The lowest BCUT2D eigenvalue weighted by Gasteiger charge is -2.41. The van der Waals surface area contributed by atoms with Crippen LogP contribution in [0.3, 0.4) is 0 Å². The zero-order valence-electron chi connectivity index (χ0n) is 19.7. The van der Waals surface area contributed by atoms with Crippen LogP contribution >= 0.6 is 0 Å². The molecule has 1 aliphatic carbocycles. The van der Waals surface area contributed by atoms with Crippen LogP contribution < -0.4 is 5.32 Å². The Bertz CT molecular complexity index is 901. The van der Waals surface area contributed by atoms with E-state index in [1.807, 2.05) is 35.2 Å². The van der Waals surface area contributed by atoms with E-state index in [-0.39, 0.29) is 29.2 Å². The van der Waals surface area contributed by atoms with Crippen molar-refractivity contribution in [2.45, 2.75) is 57.4 Å². The van der Waals surface area contributed by atoms with Crippen molar-refractivity contribution >= 4 is 17.8 Å². The zero-order chi connectivity index (χ0) is 23.1. The third-order valence-corrected chi connectivity index (χ3v) is 8.36. The molecule has 1 saturated carbocycles. The molecule has 0 spiro atoms. The summed E-state index contributed by atoms with van der Waals surface area (Å²) in [5.74, 6) is 0.184. The minimum atomic E-state index is -0.929. The van der Waals surface area contributed by atoms with Gasteiger partial charge in [-0.1, -0.05) is 37.3 Å². The van der Waals surface area contributed by atoms with Crippen LogP contribution in [0.25, 0.3) is 0 Å². The topological polar surface area (TPSA) is 73.0 Å². The first-order valence-electron chi connectivity index (χ1n) is 12.6. The van der Waals surface area contributed by atoms with E-state index in [1.165, 1.54) is 17.7 Å². The first-order valence-corrected chi connectivity index (χ1v) is 12.6. The Balaban J connectivity index is 1.33. The molecule has 0 aromatic heterocycles. The summed E-state index contributed by atoms with van der Waals surface area (Å²) in [6.45, 7) is 6.65. The minimum absolute atomic E-state index is 0.0157. The summed E-state index contributed by atoms with van der Waals surface area (Å²) in [6, 6.07) is 9.72. The van der Waals surface area contributed by atoms with Gasteiger partial charge in [-0.2, -0.15) is 0 Å². The Morgan fingerprint density at radius 3 is 2.30 bits per heavy atom. The lowest BCUT2D eigenvalue weighted by atomic mass is 9.73. The number of urea groups is 1. The Kier molecular flexibility index (Phi) is 5.93. The van der Waals surface area contributed by atoms with Gasteiger partial charge in [-0.3, -0.25) is 14.5 Å². The summed E-state index contributed by atoms with van der Waals surface area (Å²) in [4.78, 5) is 45.5. The van der Waals surface area contributed by atoms with E-state index in [4.69, 9.17) is 0 Å². The van der Waals surface area contributed by atoms with Crippen molar-refractivity contribution in [1.29, 1.82) is 0 Å². The minimum Gasteiger partial charge on any atom is -0.342 e. The van der Waals surface area contributed by atoms with Crippen molar-refractivity contribution in [3.05, 3.63) is 35.9 Å². The average Bonchev–Trinajstić information content (AvgIpc) is 3.26. The highest BCUT2D eigenvalue weighted by Crippen LogP contribution is 2.47. The SMILES string of the molecule is CC1(C(=O)N2CCC([C@]3(Cc4ccccc4)NC(=O)N(CCN4CCCC4)C3=O)CC2)CC1. The lowest BCUT2D eigenvalue weighted by Crippen LogP contribution is -2.58. The van der Waals surface area contributed by atoms with Crippen LogP contribution in [0.15, 0.2) is 30.3 Å². The summed E-state index contributed by atoms with van der Waals surface area (Å²) in [5.41, 5.74) is -0.0445. The van der Waals surface area contributed by atoms with Gasteiger partial charge >= 0.3 is 6.03 Å². The number of amides is 4. The second-order valence-electron chi connectivity index (χ2n) is 10.7. The Morgan fingerprint density at radius 1 is 1.00 bits per heavy atom. The normalized spacial score (nSPS) is 27.8. The molecule has 7 heteroatoms. The molecule has 1 atom stereocenters. The van der Waals surface area contributed by atoms with Crippen LogP contribution in [0.1, 0.15) is 51.0 Å². The number of hydrogen-bond donors (Lipinski definition) is 1. The molecule has 3 heterocycles. The van der Waals surface area contributed by atoms with E-state index in [9.17, 15) is 14.4 Å². The number of benzene rings is 1. The number of likely N-dealkylation sites (tertiary alicyclic amines) is 2. The van der Waals surface area contributed by atoms with Gasteiger partial charge in [0, 0.05) is 38.0 Å². The van der Waals surface area contributed by atoms with Crippen LogP contribution in [0, 0.1) is 11.3 Å². The van der Waals surface area contributed by atoms with Crippen LogP contribution in [-0.2, 0) is 16.0 Å². The van der Waals surface area contributed by atoms with E-state index in [0.29, 0.717) is 26.1 Å². The highest BCUT2D eigenvalue weighted by atomic mass is 16.2. The summed E-state index contributed by atoms with van der Waals surface area (Å²) in [5, 5.41) is 3.16. The fourth-order valence-electron chi connectivity index (χ4n) is 5.91. The molecule has 4 aliphatic rings. The highest BCUT2D eigenvalue weighted by Gasteiger charge is 2.56. The second-order valence-corrected chi connectivity index (χ2v) is 10.7. The smallest absolute Gasteiger partial charge is 0.325 e. The van der Waals surface area contributed by atoms with Crippen molar-refractivity contribution in [2.24, 2.45) is 11.3 Å². The molecule has 0 bridgehead atoms. The maximum atomic E-state index is 13.9. The molecule has 0 unspecified atom stereocenters. The van der Waals surface area contributed by atoms with E-state index >= 15 is 0 Å². The Labute approximate surface area is 196 Å². The summed E-state index contributed by atoms with van der Waals surface area (Å²) >= 11 is 0. The summed E-state index contributed by atoms with van der Waals surface area (Å²) < 4.78 is 0. The first-order chi connectivity index (χ1) is 15.9. The van der Waals surface area contributed by atoms with Gasteiger partial charge in [-0.15, -0.1) is 0 Å². The predicted molar refractivity (Wildman–Crippen MR) is 125 cm³/mol. The van der Waals surface area contributed by atoms with Gasteiger partial charge in [0.15, 0.2) is 0 Å².